The van der Waals surface area contributed by atoms with E-state index in [1.165, 1.54) is 16.7 Å². The summed E-state index contributed by atoms with van der Waals surface area (Å²) in [5, 5.41) is 14.1. The summed E-state index contributed by atoms with van der Waals surface area (Å²) in [5.74, 6) is 0.918. The maximum absolute atomic E-state index is 14.2. The van der Waals surface area contributed by atoms with Gasteiger partial charge in [-0.2, -0.15) is 0 Å². The molecule has 4 nitrogen and oxygen atoms in total. The van der Waals surface area contributed by atoms with Crippen LogP contribution >= 0.6 is 12.4 Å². The van der Waals surface area contributed by atoms with Gasteiger partial charge in [-0.3, -0.25) is 9.69 Å². The molecule has 0 aromatic heterocycles. The maximum Gasteiger partial charge on any atom is 0.230 e. The summed E-state index contributed by atoms with van der Waals surface area (Å²) in [6, 6.07) is 27.3. The maximum atomic E-state index is 14.2. The number of phenols is 1. The lowest BCUT2D eigenvalue weighted by Crippen LogP contribution is -2.62. The molecule has 0 spiro atoms. The van der Waals surface area contributed by atoms with Crippen LogP contribution in [-0.4, -0.2) is 41.1 Å². The van der Waals surface area contributed by atoms with Gasteiger partial charge in [0, 0.05) is 30.6 Å². The van der Waals surface area contributed by atoms with Crippen LogP contribution in [0, 0.1) is 12.8 Å². The Bertz CT molecular complexity index is 1400. The number of hydrogen-bond donors (Lipinski definition) is 2. The first-order valence-corrected chi connectivity index (χ1v) is 15.5. The van der Waals surface area contributed by atoms with Crippen LogP contribution in [0.25, 0.3) is 6.08 Å². The first kappa shape index (κ1) is 30.4. The Morgan fingerprint density at radius 1 is 0.976 bits per heavy atom. The fourth-order valence-corrected chi connectivity index (χ4v) is 8.26. The number of carbonyl (C=O) groups excluding carboxylic acids is 1. The number of hydrogen-bond acceptors (Lipinski definition) is 3. The van der Waals surface area contributed by atoms with Gasteiger partial charge in [-0.25, -0.2) is 0 Å². The molecule has 6 rings (SSSR count). The smallest absolute Gasteiger partial charge is 0.230 e. The van der Waals surface area contributed by atoms with Gasteiger partial charge < -0.3 is 10.4 Å². The van der Waals surface area contributed by atoms with Gasteiger partial charge in [0.15, 0.2) is 0 Å². The van der Waals surface area contributed by atoms with Crippen molar-refractivity contribution in [1.82, 2.24) is 10.2 Å². The van der Waals surface area contributed by atoms with E-state index in [4.69, 9.17) is 0 Å². The third kappa shape index (κ3) is 5.76. The minimum Gasteiger partial charge on any atom is -0.508 e. The topological polar surface area (TPSA) is 52.6 Å². The Morgan fingerprint density at radius 2 is 1.69 bits per heavy atom. The number of rotatable bonds is 7. The molecule has 222 valence electrons. The molecule has 1 aliphatic heterocycles. The van der Waals surface area contributed by atoms with E-state index < -0.39 is 5.41 Å². The van der Waals surface area contributed by atoms with E-state index in [0.717, 1.165) is 63.6 Å². The molecule has 3 aromatic carbocycles. The molecule has 2 N–H and O–H groups in total. The Kier molecular flexibility index (Phi) is 9.15. The molecule has 3 fully saturated rings. The van der Waals surface area contributed by atoms with Crippen LogP contribution in [0.3, 0.4) is 0 Å². The average molecular weight is 585 g/mol. The third-order valence-corrected chi connectivity index (χ3v) is 10.5. The molecule has 2 saturated carbocycles. The van der Waals surface area contributed by atoms with Gasteiger partial charge in [0.05, 0.1) is 5.41 Å². The number of nitrogens with zero attached hydrogens (tertiary/aromatic N) is 1. The van der Waals surface area contributed by atoms with Gasteiger partial charge in [-0.05, 0) is 79.3 Å². The number of amides is 1. The highest BCUT2D eigenvalue weighted by Crippen LogP contribution is 2.51. The standard InChI is InChI=1S/C37H44N2O2.ClH/c1-27-12-6-7-13-29(27)14-11-21-39-26-28(2)37(31-17-10-18-34(40)22-31)24-32(23-33(39)25-37)38-35(41)36(19-8-9-20-36)30-15-4-3-5-16-30;/h3-7,10-18,22,28,32-33,40H,8-9,19-21,23-26H2,1-2H3,(H,38,41);1H/b14-11+;/t28-,32+,33+,37+;/m0./s1. The van der Waals surface area contributed by atoms with Gasteiger partial charge >= 0.3 is 0 Å². The number of carbonyl (C=O) groups is 1. The highest BCUT2D eigenvalue weighted by atomic mass is 35.5. The van der Waals surface area contributed by atoms with E-state index in [2.05, 4.69) is 90.8 Å². The Balaban J connectivity index is 0.00000353. The highest BCUT2D eigenvalue weighted by molar-refractivity contribution is 5.89. The van der Waals surface area contributed by atoms with Crippen molar-refractivity contribution < 1.29 is 9.90 Å². The second-order valence-electron chi connectivity index (χ2n) is 12.9. The predicted molar refractivity (Wildman–Crippen MR) is 174 cm³/mol. The van der Waals surface area contributed by atoms with Crippen LogP contribution < -0.4 is 5.32 Å². The highest BCUT2D eigenvalue weighted by Gasteiger charge is 2.52. The lowest BCUT2D eigenvalue weighted by molar-refractivity contribution is -0.128. The van der Waals surface area contributed by atoms with E-state index in [0.29, 0.717) is 17.7 Å². The zero-order valence-corrected chi connectivity index (χ0v) is 25.8. The molecule has 5 heteroatoms. The number of aromatic hydroxyl groups is 1. The minimum atomic E-state index is -0.423. The van der Waals surface area contributed by atoms with Crippen molar-refractivity contribution in [3.8, 4) is 5.75 Å². The van der Waals surface area contributed by atoms with Crippen molar-refractivity contribution in [3.05, 3.63) is 107 Å². The second-order valence-corrected chi connectivity index (χ2v) is 12.9. The number of phenolic OH excluding ortho intramolecular Hbond substituents is 1. The monoisotopic (exact) mass is 584 g/mol. The Hall–Kier alpha value is -3.08. The van der Waals surface area contributed by atoms with Crippen molar-refractivity contribution in [2.45, 2.75) is 81.7 Å². The van der Waals surface area contributed by atoms with Crippen LogP contribution in [0.2, 0.25) is 0 Å². The summed E-state index contributed by atoms with van der Waals surface area (Å²) in [6.07, 6.45) is 11.5. The van der Waals surface area contributed by atoms with Crippen LogP contribution in [0.4, 0.5) is 0 Å². The number of aryl methyl sites for hydroxylation is 1. The Morgan fingerprint density at radius 3 is 2.43 bits per heavy atom. The number of fused-ring (bicyclic) bond motifs is 2. The lowest BCUT2D eigenvalue weighted by atomic mass is 9.57. The lowest BCUT2D eigenvalue weighted by Gasteiger charge is -2.56. The number of piperidine rings is 1. The molecule has 1 heterocycles. The normalized spacial score (nSPS) is 27.0. The molecule has 3 aliphatic rings. The molecule has 42 heavy (non-hydrogen) atoms. The van der Waals surface area contributed by atoms with Gasteiger partial charge in [-0.1, -0.05) is 98.6 Å². The largest absolute Gasteiger partial charge is 0.508 e. The van der Waals surface area contributed by atoms with Crippen LogP contribution in [0.5, 0.6) is 5.75 Å². The van der Waals surface area contributed by atoms with Gasteiger partial charge in [0.2, 0.25) is 5.91 Å². The van der Waals surface area contributed by atoms with Crippen LogP contribution in [-0.2, 0) is 15.6 Å². The van der Waals surface area contributed by atoms with Crippen molar-refractivity contribution in [3.63, 3.8) is 0 Å². The second kappa shape index (κ2) is 12.7. The fourth-order valence-electron chi connectivity index (χ4n) is 8.26. The quantitative estimate of drug-likeness (QED) is 0.301. The van der Waals surface area contributed by atoms with E-state index in [-0.39, 0.29) is 29.8 Å². The average Bonchev–Trinajstić information content (AvgIpc) is 3.49. The fraction of sp³-hybridized carbons (Fsp3) is 0.432. The summed E-state index contributed by atoms with van der Waals surface area (Å²) >= 11 is 0. The summed E-state index contributed by atoms with van der Waals surface area (Å²) in [6.45, 7) is 6.43. The number of nitrogens with one attached hydrogen (secondary N) is 1. The van der Waals surface area contributed by atoms with E-state index in [1.807, 2.05) is 18.2 Å². The van der Waals surface area contributed by atoms with Gasteiger partial charge in [-0.15, -0.1) is 12.4 Å². The molecular weight excluding hydrogens is 540 g/mol. The van der Waals surface area contributed by atoms with Crippen LogP contribution in [0.1, 0.15) is 74.1 Å². The Labute approximate surface area is 257 Å². The van der Waals surface area contributed by atoms with Crippen LogP contribution in [0.15, 0.2) is 84.9 Å². The molecule has 1 amide bonds. The molecule has 2 aliphatic carbocycles. The summed E-state index contributed by atoms with van der Waals surface area (Å²) in [4.78, 5) is 16.8. The molecule has 4 atom stereocenters. The van der Waals surface area contributed by atoms with E-state index in [1.54, 1.807) is 6.07 Å². The molecule has 2 bridgehead atoms. The first-order chi connectivity index (χ1) is 19.9. The number of likely N-dealkylation sites (tertiary alicyclic amines) is 1. The van der Waals surface area contributed by atoms with Gasteiger partial charge in [0.1, 0.15) is 5.75 Å². The number of benzene rings is 3. The first-order valence-electron chi connectivity index (χ1n) is 15.5. The predicted octanol–water partition coefficient (Wildman–Crippen LogP) is 7.57. The van der Waals surface area contributed by atoms with Gasteiger partial charge in [0.25, 0.3) is 0 Å². The SMILES string of the molecule is Cc1ccccc1/C=C/CN1C[C@H](C)[C@@]2(c3cccc(O)c3)C[C@H](NC(=O)C3(c4ccccc4)CCCC3)C[C@@H]1C2.Cl. The summed E-state index contributed by atoms with van der Waals surface area (Å²) in [5.41, 5.74) is 4.42. The van der Waals surface area contributed by atoms with Crippen molar-refractivity contribution in [1.29, 1.82) is 0 Å². The molecular formula is C37H45ClN2O2. The van der Waals surface area contributed by atoms with E-state index in [9.17, 15) is 9.90 Å². The minimum absolute atomic E-state index is 0. The molecule has 3 aromatic rings. The molecule has 0 unspecified atom stereocenters. The van der Waals surface area contributed by atoms with E-state index >= 15 is 0 Å². The number of halogens is 1. The van der Waals surface area contributed by atoms with Crippen molar-refractivity contribution >= 4 is 24.4 Å². The zero-order valence-electron chi connectivity index (χ0n) is 25.0. The molecule has 0 radical (unpaired) electrons. The third-order valence-electron chi connectivity index (χ3n) is 10.5. The summed E-state index contributed by atoms with van der Waals surface area (Å²) in [7, 11) is 0. The molecule has 1 saturated heterocycles. The summed E-state index contributed by atoms with van der Waals surface area (Å²) < 4.78 is 0. The zero-order chi connectivity index (χ0) is 28.5. The van der Waals surface area contributed by atoms with Crippen molar-refractivity contribution in [2.24, 2.45) is 5.92 Å². The van der Waals surface area contributed by atoms with Crippen molar-refractivity contribution in [2.75, 3.05) is 13.1 Å².